The standard InChI is InChI=1S/C18H22N4O2/c1-24-15-8-6-14(7-9-15)22-12-13(11-17(22)23)18-20-19-16-5-3-2-4-10-21(16)18/h6-9,13H,2-5,10-12H2,1H3. The van der Waals surface area contributed by atoms with Crippen LogP contribution >= 0.6 is 0 Å². The molecular formula is C18H22N4O2. The van der Waals surface area contributed by atoms with E-state index in [4.69, 9.17) is 4.74 Å². The molecule has 1 aromatic carbocycles. The Balaban J connectivity index is 1.56. The van der Waals surface area contributed by atoms with E-state index in [0.29, 0.717) is 13.0 Å². The molecule has 4 rings (SSSR count). The molecule has 1 saturated heterocycles. The molecule has 2 aliphatic rings. The van der Waals surface area contributed by atoms with E-state index in [9.17, 15) is 4.79 Å². The molecule has 6 heteroatoms. The highest BCUT2D eigenvalue weighted by Gasteiger charge is 2.35. The number of methoxy groups -OCH3 is 1. The maximum atomic E-state index is 12.5. The second kappa shape index (κ2) is 6.26. The number of carbonyl (C=O) groups is 1. The van der Waals surface area contributed by atoms with Crippen molar-refractivity contribution in [1.82, 2.24) is 14.8 Å². The molecular weight excluding hydrogens is 304 g/mol. The number of fused-ring (bicyclic) bond motifs is 1. The first kappa shape index (κ1) is 15.2. The van der Waals surface area contributed by atoms with Gasteiger partial charge in [-0.15, -0.1) is 10.2 Å². The summed E-state index contributed by atoms with van der Waals surface area (Å²) in [5.41, 5.74) is 0.916. The van der Waals surface area contributed by atoms with Crippen molar-refractivity contribution in [2.24, 2.45) is 0 Å². The molecule has 3 heterocycles. The highest BCUT2D eigenvalue weighted by atomic mass is 16.5. The van der Waals surface area contributed by atoms with Crippen LogP contribution in [-0.2, 0) is 17.8 Å². The molecule has 6 nitrogen and oxygen atoms in total. The summed E-state index contributed by atoms with van der Waals surface area (Å²) in [5.74, 6) is 3.13. The van der Waals surface area contributed by atoms with Crippen molar-refractivity contribution < 1.29 is 9.53 Å². The van der Waals surface area contributed by atoms with Crippen molar-refractivity contribution in [3.05, 3.63) is 35.9 Å². The molecule has 2 aromatic rings. The third-order valence-corrected chi connectivity index (χ3v) is 5.01. The summed E-state index contributed by atoms with van der Waals surface area (Å²) in [5, 5.41) is 8.80. The molecule has 0 spiro atoms. The molecule has 1 fully saturated rings. The van der Waals surface area contributed by atoms with Gasteiger partial charge in [-0.05, 0) is 37.1 Å². The minimum absolute atomic E-state index is 0.124. The van der Waals surface area contributed by atoms with Crippen LogP contribution in [0.2, 0.25) is 0 Å². The summed E-state index contributed by atoms with van der Waals surface area (Å²) in [7, 11) is 1.64. The lowest BCUT2D eigenvalue weighted by Gasteiger charge is -2.17. The SMILES string of the molecule is COc1ccc(N2CC(c3nnc4n3CCCCC4)CC2=O)cc1. The Bertz CT molecular complexity index is 738. The van der Waals surface area contributed by atoms with E-state index in [0.717, 1.165) is 36.1 Å². The molecule has 2 aliphatic heterocycles. The largest absolute Gasteiger partial charge is 0.497 e. The molecule has 1 atom stereocenters. The molecule has 1 unspecified atom stereocenters. The van der Waals surface area contributed by atoms with Gasteiger partial charge in [0.2, 0.25) is 5.91 Å². The number of anilines is 1. The van der Waals surface area contributed by atoms with Crippen LogP contribution in [0.3, 0.4) is 0 Å². The number of aromatic nitrogens is 3. The first-order chi connectivity index (χ1) is 11.8. The molecule has 0 aliphatic carbocycles. The zero-order chi connectivity index (χ0) is 16.5. The van der Waals surface area contributed by atoms with Crippen LogP contribution in [-0.4, -0.2) is 34.3 Å². The van der Waals surface area contributed by atoms with Crippen molar-refractivity contribution in [2.75, 3.05) is 18.6 Å². The van der Waals surface area contributed by atoms with E-state index in [1.165, 1.54) is 19.3 Å². The summed E-state index contributed by atoms with van der Waals surface area (Å²) < 4.78 is 7.44. The lowest BCUT2D eigenvalue weighted by Crippen LogP contribution is -2.24. The van der Waals surface area contributed by atoms with Crippen molar-refractivity contribution >= 4 is 11.6 Å². The van der Waals surface area contributed by atoms with Gasteiger partial charge in [0.15, 0.2) is 0 Å². The average Bonchev–Trinajstić information content (AvgIpc) is 3.10. The van der Waals surface area contributed by atoms with Gasteiger partial charge in [-0.1, -0.05) is 6.42 Å². The number of ether oxygens (including phenoxy) is 1. The van der Waals surface area contributed by atoms with Crippen molar-refractivity contribution in [3.8, 4) is 5.75 Å². The monoisotopic (exact) mass is 326 g/mol. The number of aryl methyl sites for hydroxylation is 1. The molecule has 1 aromatic heterocycles. The van der Waals surface area contributed by atoms with Gasteiger partial charge in [0.1, 0.15) is 17.4 Å². The van der Waals surface area contributed by atoms with Crippen LogP contribution in [0.25, 0.3) is 0 Å². The molecule has 0 saturated carbocycles. The predicted octanol–water partition coefficient (Wildman–Crippen LogP) is 2.53. The van der Waals surface area contributed by atoms with Crippen LogP contribution in [0.15, 0.2) is 24.3 Å². The maximum Gasteiger partial charge on any atom is 0.227 e. The Hall–Kier alpha value is -2.37. The summed E-state index contributed by atoms with van der Waals surface area (Å²) in [6.07, 6.45) is 5.09. The Morgan fingerprint density at radius 3 is 2.75 bits per heavy atom. The Morgan fingerprint density at radius 2 is 1.96 bits per heavy atom. The Morgan fingerprint density at radius 1 is 1.12 bits per heavy atom. The number of carbonyl (C=O) groups excluding carboxylic acids is 1. The molecule has 126 valence electrons. The quantitative estimate of drug-likeness (QED) is 0.869. The van der Waals surface area contributed by atoms with Gasteiger partial charge in [0.25, 0.3) is 0 Å². The first-order valence-corrected chi connectivity index (χ1v) is 8.62. The highest BCUT2D eigenvalue weighted by molar-refractivity contribution is 5.96. The molecule has 24 heavy (non-hydrogen) atoms. The van der Waals surface area contributed by atoms with Crippen molar-refractivity contribution in [3.63, 3.8) is 0 Å². The number of rotatable bonds is 3. The van der Waals surface area contributed by atoms with Gasteiger partial charge in [-0.2, -0.15) is 0 Å². The van der Waals surface area contributed by atoms with Gasteiger partial charge in [0, 0.05) is 37.5 Å². The Labute approximate surface area is 141 Å². The fraction of sp³-hybridized carbons (Fsp3) is 0.500. The third-order valence-electron chi connectivity index (χ3n) is 5.01. The molecule has 0 radical (unpaired) electrons. The fourth-order valence-corrected chi connectivity index (χ4v) is 3.70. The second-order valence-electron chi connectivity index (χ2n) is 6.54. The first-order valence-electron chi connectivity index (χ1n) is 8.62. The van der Waals surface area contributed by atoms with Gasteiger partial charge in [0.05, 0.1) is 7.11 Å². The number of hydrogen-bond acceptors (Lipinski definition) is 4. The summed E-state index contributed by atoms with van der Waals surface area (Å²) in [6, 6.07) is 7.64. The lowest BCUT2D eigenvalue weighted by atomic mass is 10.1. The third kappa shape index (κ3) is 2.66. The highest BCUT2D eigenvalue weighted by Crippen LogP contribution is 2.32. The zero-order valence-corrected chi connectivity index (χ0v) is 13.9. The summed E-state index contributed by atoms with van der Waals surface area (Å²) in [6.45, 7) is 1.65. The van der Waals surface area contributed by atoms with E-state index in [1.54, 1.807) is 7.11 Å². The van der Waals surface area contributed by atoms with Crippen LogP contribution in [0.4, 0.5) is 5.69 Å². The Kier molecular flexibility index (Phi) is 3.96. The van der Waals surface area contributed by atoms with Crippen LogP contribution < -0.4 is 9.64 Å². The van der Waals surface area contributed by atoms with Gasteiger partial charge < -0.3 is 14.2 Å². The second-order valence-corrected chi connectivity index (χ2v) is 6.54. The molecule has 0 N–H and O–H groups in total. The van der Waals surface area contributed by atoms with Crippen molar-refractivity contribution in [2.45, 2.75) is 44.6 Å². The molecule has 0 bridgehead atoms. The fourth-order valence-electron chi connectivity index (χ4n) is 3.70. The predicted molar refractivity (Wildman–Crippen MR) is 90.3 cm³/mol. The lowest BCUT2D eigenvalue weighted by molar-refractivity contribution is -0.117. The maximum absolute atomic E-state index is 12.5. The van der Waals surface area contributed by atoms with Crippen LogP contribution in [0, 0.1) is 0 Å². The van der Waals surface area contributed by atoms with Gasteiger partial charge in [-0.3, -0.25) is 4.79 Å². The minimum Gasteiger partial charge on any atom is -0.497 e. The number of hydrogen-bond donors (Lipinski definition) is 0. The van der Waals surface area contributed by atoms with E-state index in [-0.39, 0.29) is 11.8 Å². The van der Waals surface area contributed by atoms with Crippen LogP contribution in [0.1, 0.15) is 43.3 Å². The summed E-state index contributed by atoms with van der Waals surface area (Å²) >= 11 is 0. The van der Waals surface area contributed by atoms with E-state index < -0.39 is 0 Å². The van der Waals surface area contributed by atoms with Crippen molar-refractivity contribution in [1.29, 1.82) is 0 Å². The van der Waals surface area contributed by atoms with Gasteiger partial charge in [-0.25, -0.2) is 0 Å². The number of amides is 1. The minimum atomic E-state index is 0.124. The number of nitrogens with zero attached hydrogens (tertiary/aromatic N) is 4. The number of benzene rings is 1. The topological polar surface area (TPSA) is 60.2 Å². The van der Waals surface area contributed by atoms with Crippen LogP contribution in [0.5, 0.6) is 5.75 Å². The van der Waals surface area contributed by atoms with E-state index >= 15 is 0 Å². The van der Waals surface area contributed by atoms with Gasteiger partial charge >= 0.3 is 0 Å². The normalized spacial score (nSPS) is 20.8. The van der Waals surface area contributed by atoms with E-state index in [2.05, 4.69) is 14.8 Å². The average molecular weight is 326 g/mol. The summed E-state index contributed by atoms with van der Waals surface area (Å²) in [4.78, 5) is 14.4. The zero-order valence-electron chi connectivity index (χ0n) is 13.9. The smallest absolute Gasteiger partial charge is 0.227 e. The van der Waals surface area contributed by atoms with E-state index in [1.807, 2.05) is 29.2 Å². The molecule has 1 amide bonds.